The number of rotatable bonds is 15. The highest BCUT2D eigenvalue weighted by Crippen LogP contribution is 2.41. The van der Waals surface area contributed by atoms with Gasteiger partial charge in [-0.25, -0.2) is 0 Å². The Morgan fingerprint density at radius 1 is 0.807 bits per heavy atom. The monoisotopic (exact) mass is 769 g/mol. The van der Waals surface area contributed by atoms with E-state index in [2.05, 4.69) is 4.99 Å². The number of fused-ring (bicyclic) bond motifs is 2. The van der Waals surface area contributed by atoms with Crippen LogP contribution in [0.2, 0.25) is 0 Å². The lowest BCUT2D eigenvalue weighted by Crippen LogP contribution is -2.32. The molecule has 1 atom stereocenters. The first-order valence-corrected chi connectivity index (χ1v) is 18.4. The summed E-state index contributed by atoms with van der Waals surface area (Å²) in [6.07, 6.45) is 9.72. The molecule has 4 aromatic rings. The molecule has 0 aromatic heterocycles. The van der Waals surface area contributed by atoms with Gasteiger partial charge in [0.1, 0.15) is 11.5 Å². The minimum Gasteiger partial charge on any atom is -0.497 e. The van der Waals surface area contributed by atoms with Gasteiger partial charge >= 0.3 is 0 Å². The summed E-state index contributed by atoms with van der Waals surface area (Å²) in [5.74, 6) is 2.74. The van der Waals surface area contributed by atoms with Crippen molar-refractivity contribution >= 4 is 53.0 Å². The van der Waals surface area contributed by atoms with E-state index < -0.39 is 0 Å². The average Bonchev–Trinajstić information content (AvgIpc) is 3.90. The molecule has 13 nitrogen and oxygen atoms in total. The Bertz CT molecular complexity index is 2280. The topological polar surface area (TPSA) is 145 Å². The van der Waals surface area contributed by atoms with Crippen LogP contribution < -0.4 is 28.4 Å². The number of hydrogen-bond acceptors (Lipinski definition) is 11. The molecule has 3 heterocycles. The van der Waals surface area contributed by atoms with Crippen LogP contribution >= 0.6 is 0 Å². The fourth-order valence-corrected chi connectivity index (χ4v) is 6.91. The van der Waals surface area contributed by atoms with Crippen LogP contribution in [0.5, 0.6) is 34.5 Å². The summed E-state index contributed by atoms with van der Waals surface area (Å²) in [6, 6.07) is 21.9. The predicted octanol–water partition coefficient (Wildman–Crippen LogP) is 7.78. The lowest BCUT2D eigenvalue weighted by molar-refractivity contribution is 0.0814. The van der Waals surface area contributed by atoms with Gasteiger partial charge in [-0.15, -0.1) is 0 Å². The second kappa shape index (κ2) is 17.3. The van der Waals surface area contributed by atoms with Gasteiger partial charge in [-0.05, 0) is 65.1 Å². The molecule has 1 N–H and O–H groups in total. The third-order valence-corrected chi connectivity index (χ3v) is 9.93. The zero-order valence-corrected chi connectivity index (χ0v) is 32.2. The third-order valence-electron chi connectivity index (χ3n) is 9.93. The standard InChI is InChI=1S/C44H43N5O8/c1-52-33-10-6-28(7-11-33)30-14-17-48(26-30)43(50)35-21-39(54-3)41(23-37(35)46-16-15-45)56-18-5-19-57-42-24-38-36(22-40(42)55-4)44(51)49-27-31(20-32(49)25-47-38)29-8-12-34(53-2)13-9-29/h6-13,15-16,21-27,32,45H,5,14,17-20H2,1-4H3/t32-/m0/s1. The number of carbonyl (C=O) groups is 2. The number of hydrogen-bond donors (Lipinski definition) is 1. The number of aliphatic imine (C=N–C) groups is 2. The number of nitrogens with one attached hydrogen (secondary N) is 1. The molecule has 7 rings (SSSR count). The Kier molecular flexibility index (Phi) is 11.6. The molecule has 0 spiro atoms. The molecule has 3 aliphatic rings. The second-order valence-corrected chi connectivity index (χ2v) is 13.3. The highest BCUT2D eigenvalue weighted by molar-refractivity contribution is 6.16. The maximum atomic E-state index is 13.8. The van der Waals surface area contributed by atoms with E-state index in [1.165, 1.54) is 20.4 Å². The van der Waals surface area contributed by atoms with E-state index >= 15 is 0 Å². The molecule has 0 saturated carbocycles. The van der Waals surface area contributed by atoms with Crippen molar-refractivity contribution < 1.29 is 38.0 Å². The smallest absolute Gasteiger partial charge is 0.260 e. The van der Waals surface area contributed by atoms with Crippen LogP contribution in [0.1, 0.15) is 51.1 Å². The normalized spacial score (nSPS) is 15.7. The molecule has 2 amide bonds. The minimum absolute atomic E-state index is 0.171. The minimum atomic E-state index is -0.246. The fraction of sp³-hybridized carbons (Fsp3) is 0.250. The lowest BCUT2D eigenvalue weighted by atomic mass is 10.0. The number of ether oxygens (including phenoxy) is 6. The zero-order valence-electron chi connectivity index (χ0n) is 32.2. The molecule has 13 heteroatoms. The summed E-state index contributed by atoms with van der Waals surface area (Å²) < 4.78 is 34.1. The largest absolute Gasteiger partial charge is 0.497 e. The molecule has 0 unspecified atom stereocenters. The van der Waals surface area contributed by atoms with Gasteiger partial charge in [-0.1, -0.05) is 24.3 Å². The Hall–Kier alpha value is -6.89. The third kappa shape index (κ3) is 8.23. The molecular weight excluding hydrogens is 727 g/mol. The maximum Gasteiger partial charge on any atom is 0.260 e. The van der Waals surface area contributed by atoms with Crippen LogP contribution in [0.4, 0.5) is 11.4 Å². The van der Waals surface area contributed by atoms with Crippen LogP contribution in [0.15, 0.2) is 95.2 Å². The van der Waals surface area contributed by atoms with Gasteiger partial charge < -0.3 is 43.6 Å². The van der Waals surface area contributed by atoms with E-state index in [-0.39, 0.29) is 31.1 Å². The Morgan fingerprint density at radius 2 is 1.44 bits per heavy atom. The van der Waals surface area contributed by atoms with Crippen molar-refractivity contribution in [2.45, 2.75) is 25.3 Å². The molecule has 292 valence electrons. The van der Waals surface area contributed by atoms with Crippen molar-refractivity contribution in [3.63, 3.8) is 0 Å². The number of amides is 2. The van der Waals surface area contributed by atoms with Crippen molar-refractivity contribution in [2.75, 3.05) is 48.2 Å². The lowest BCUT2D eigenvalue weighted by Gasteiger charge is -2.19. The molecule has 0 aliphatic carbocycles. The van der Waals surface area contributed by atoms with E-state index in [9.17, 15) is 9.59 Å². The molecule has 0 fully saturated rings. The van der Waals surface area contributed by atoms with Crippen molar-refractivity contribution in [2.24, 2.45) is 9.98 Å². The number of nitrogens with zero attached hydrogens (tertiary/aromatic N) is 4. The molecule has 0 saturated heterocycles. The van der Waals surface area contributed by atoms with Gasteiger partial charge in [0, 0.05) is 62.6 Å². The van der Waals surface area contributed by atoms with E-state index in [1.807, 2.05) is 60.9 Å². The van der Waals surface area contributed by atoms with Crippen LogP contribution in [0, 0.1) is 5.41 Å². The van der Waals surface area contributed by atoms with Gasteiger partial charge in [0.15, 0.2) is 23.0 Å². The number of carbonyl (C=O) groups excluding carboxylic acids is 2. The number of benzene rings is 4. The van der Waals surface area contributed by atoms with Crippen LogP contribution in [0.3, 0.4) is 0 Å². The van der Waals surface area contributed by atoms with Crippen molar-refractivity contribution in [3.8, 4) is 34.5 Å². The molecule has 4 aromatic carbocycles. The summed E-state index contributed by atoms with van der Waals surface area (Å²) >= 11 is 0. The highest BCUT2D eigenvalue weighted by Gasteiger charge is 2.33. The van der Waals surface area contributed by atoms with Gasteiger partial charge in [-0.2, -0.15) is 0 Å². The molecule has 0 radical (unpaired) electrons. The Balaban J connectivity index is 1.00. The van der Waals surface area contributed by atoms with Crippen LogP contribution in [-0.2, 0) is 0 Å². The summed E-state index contributed by atoms with van der Waals surface area (Å²) in [4.78, 5) is 40.0. The molecular formula is C44H43N5O8. The maximum absolute atomic E-state index is 13.8. The summed E-state index contributed by atoms with van der Waals surface area (Å²) in [5, 5.41) is 7.49. The molecule has 3 aliphatic heterocycles. The van der Waals surface area contributed by atoms with E-state index in [4.69, 9.17) is 38.8 Å². The van der Waals surface area contributed by atoms with E-state index in [0.29, 0.717) is 71.3 Å². The Labute approximate surface area is 331 Å². The summed E-state index contributed by atoms with van der Waals surface area (Å²) in [5.41, 5.74) is 5.69. The molecule has 0 bridgehead atoms. The van der Waals surface area contributed by atoms with Gasteiger partial charge in [0.2, 0.25) is 0 Å². The van der Waals surface area contributed by atoms with Gasteiger partial charge in [-0.3, -0.25) is 19.6 Å². The highest BCUT2D eigenvalue weighted by atomic mass is 16.5. The molecule has 57 heavy (non-hydrogen) atoms. The first kappa shape index (κ1) is 38.4. The Morgan fingerprint density at radius 3 is 2.07 bits per heavy atom. The SMILES string of the molecule is COc1ccc(C2=CN(C(=O)c3cc(OC)c(OCCCOc4cc5c(cc4OC)C(=O)N4C=C(c6ccc(OC)cc6)C[C@H]4C=N5)cc3N=CC=N)CC2)cc1. The summed E-state index contributed by atoms with van der Waals surface area (Å²) in [6.45, 7) is 1.03. The van der Waals surface area contributed by atoms with Crippen molar-refractivity contribution in [1.29, 1.82) is 5.41 Å². The first-order valence-electron chi connectivity index (χ1n) is 18.4. The fourth-order valence-electron chi connectivity index (χ4n) is 6.91. The van der Waals surface area contributed by atoms with E-state index in [0.717, 1.165) is 40.0 Å². The average molecular weight is 770 g/mol. The zero-order chi connectivity index (χ0) is 39.9. The van der Waals surface area contributed by atoms with Crippen molar-refractivity contribution in [3.05, 3.63) is 107 Å². The van der Waals surface area contributed by atoms with Crippen LogP contribution in [-0.4, -0.2) is 94.5 Å². The van der Waals surface area contributed by atoms with Crippen molar-refractivity contribution in [1.82, 2.24) is 9.80 Å². The quantitative estimate of drug-likeness (QED) is 0.0954. The van der Waals surface area contributed by atoms with Gasteiger partial charge in [0.05, 0.1) is 70.2 Å². The van der Waals surface area contributed by atoms with Gasteiger partial charge in [0.25, 0.3) is 11.8 Å². The second-order valence-electron chi connectivity index (χ2n) is 13.3. The van der Waals surface area contributed by atoms with E-state index in [1.54, 1.807) is 54.5 Å². The number of methoxy groups -OCH3 is 4. The summed E-state index contributed by atoms with van der Waals surface area (Å²) in [7, 11) is 6.29. The van der Waals surface area contributed by atoms with Crippen LogP contribution in [0.25, 0.3) is 11.1 Å². The first-order chi connectivity index (χ1) is 27.8. The predicted molar refractivity (Wildman–Crippen MR) is 219 cm³/mol.